The van der Waals surface area contributed by atoms with E-state index in [-0.39, 0.29) is 0 Å². The van der Waals surface area contributed by atoms with E-state index in [1.54, 1.807) is 0 Å². The lowest BCUT2D eigenvalue weighted by Gasteiger charge is -2.45. The molecule has 6 atom stereocenters. The number of aliphatic carboxylic acids is 1. The van der Waals surface area contributed by atoms with Gasteiger partial charge in [0.25, 0.3) is 0 Å². The first-order chi connectivity index (χ1) is 10.7. The zero-order valence-corrected chi connectivity index (χ0v) is 12.3. The predicted molar refractivity (Wildman–Crippen MR) is 73.2 cm³/mol. The fraction of sp³-hybridized carbons (Fsp3) is 0.750. The first-order valence-corrected chi connectivity index (χ1v) is 6.66. The van der Waals surface area contributed by atoms with E-state index in [2.05, 4.69) is 22.0 Å². The van der Waals surface area contributed by atoms with E-state index in [4.69, 9.17) is 9.84 Å². The number of carboxylic acid groups (broad SMARTS) is 1. The normalized spacial score (nSPS) is 33.3. The molecule has 0 aromatic rings. The van der Waals surface area contributed by atoms with Crippen molar-refractivity contribution in [2.75, 3.05) is 6.61 Å². The first kappa shape index (κ1) is 19.3. The molecule has 1 aliphatic rings. The molecular formula is C12H20N2O9. The van der Waals surface area contributed by atoms with Crippen molar-refractivity contribution in [2.24, 2.45) is 5.16 Å². The average Bonchev–Trinajstić information content (AvgIpc) is 2.47. The van der Waals surface area contributed by atoms with E-state index < -0.39 is 61.1 Å². The Hall–Kier alpha value is -1.79. The van der Waals surface area contributed by atoms with Crippen LogP contribution in [0.2, 0.25) is 0 Å². The van der Waals surface area contributed by atoms with E-state index >= 15 is 0 Å². The topological polar surface area (TPSA) is 178 Å². The summed E-state index contributed by atoms with van der Waals surface area (Å²) < 4.78 is 5.19. The summed E-state index contributed by atoms with van der Waals surface area (Å²) in [5.41, 5.74) is 0. The number of hydrogen-bond donors (Lipinski definition) is 6. The minimum atomic E-state index is -2.46. The Morgan fingerprint density at radius 1 is 1.52 bits per heavy atom. The van der Waals surface area contributed by atoms with Gasteiger partial charge in [-0.1, -0.05) is 5.16 Å². The molecule has 11 heteroatoms. The zero-order chi connectivity index (χ0) is 17.8. The van der Waals surface area contributed by atoms with Gasteiger partial charge in [-0.25, -0.2) is 4.79 Å². The molecule has 1 fully saturated rings. The molecule has 0 aromatic carbocycles. The molecule has 1 aliphatic heterocycles. The molecule has 1 saturated heterocycles. The van der Waals surface area contributed by atoms with E-state index in [1.165, 1.54) is 0 Å². The SMILES string of the molecule is C=NO[C@]1(C(=O)O)C[C@@H](O)C(NC(C)=O)C([C@H](O)[C@H](O)CO)O1. The van der Waals surface area contributed by atoms with Gasteiger partial charge in [0.2, 0.25) is 5.91 Å². The largest absolute Gasteiger partial charge is 0.476 e. The lowest BCUT2D eigenvalue weighted by Crippen LogP contribution is -2.67. The molecule has 0 aliphatic carbocycles. The first-order valence-electron chi connectivity index (χ1n) is 6.66. The third-order valence-corrected chi connectivity index (χ3v) is 3.40. The van der Waals surface area contributed by atoms with Crippen LogP contribution in [0.1, 0.15) is 13.3 Å². The fourth-order valence-corrected chi connectivity index (χ4v) is 2.32. The van der Waals surface area contributed by atoms with Crippen LogP contribution in [0.3, 0.4) is 0 Å². The second kappa shape index (κ2) is 7.66. The molecule has 1 rings (SSSR count). The molecule has 2 unspecified atom stereocenters. The van der Waals surface area contributed by atoms with Gasteiger partial charge in [0, 0.05) is 13.6 Å². The molecule has 6 N–H and O–H groups in total. The average molecular weight is 336 g/mol. The highest BCUT2D eigenvalue weighted by Gasteiger charge is 2.57. The number of aliphatic hydroxyl groups is 4. The molecular weight excluding hydrogens is 316 g/mol. The minimum absolute atomic E-state index is 0.584. The summed E-state index contributed by atoms with van der Waals surface area (Å²) in [6, 6.07) is -1.25. The quantitative estimate of drug-likeness (QED) is 0.206. The Labute approximate surface area is 131 Å². The van der Waals surface area contributed by atoms with Gasteiger partial charge >= 0.3 is 11.8 Å². The third kappa shape index (κ3) is 4.14. The van der Waals surface area contributed by atoms with Crippen LogP contribution < -0.4 is 5.32 Å². The number of nitrogens with one attached hydrogen (secondary N) is 1. The molecule has 0 spiro atoms. The van der Waals surface area contributed by atoms with Crippen LogP contribution in [-0.2, 0) is 19.2 Å². The van der Waals surface area contributed by atoms with Gasteiger partial charge in [-0.3, -0.25) is 4.79 Å². The Bertz CT molecular complexity index is 460. The monoisotopic (exact) mass is 336 g/mol. The summed E-state index contributed by atoms with van der Waals surface area (Å²) in [7, 11) is 0. The standard InChI is InChI=1S/C12H20N2O9/c1-5(16)14-8-6(17)3-12(11(20)21,23-13-2)22-10(8)9(19)7(18)4-15/h6-10,15,17-19H,2-4H2,1H3,(H,14,16)(H,20,21)/t6-,7-,8?,9-,10?,12+/m1/s1. The smallest absolute Gasteiger partial charge is 0.379 e. The van der Waals surface area contributed by atoms with Gasteiger partial charge in [-0.05, 0) is 0 Å². The molecule has 0 radical (unpaired) electrons. The van der Waals surface area contributed by atoms with Gasteiger partial charge in [0.1, 0.15) is 18.3 Å². The number of nitrogens with zero attached hydrogens (tertiary/aromatic N) is 1. The highest BCUT2D eigenvalue weighted by Crippen LogP contribution is 2.33. The van der Waals surface area contributed by atoms with Crippen LogP contribution in [0, 0.1) is 0 Å². The summed E-state index contributed by atoms with van der Waals surface area (Å²) >= 11 is 0. The van der Waals surface area contributed by atoms with E-state index in [1.807, 2.05) is 0 Å². The van der Waals surface area contributed by atoms with Crippen LogP contribution in [0.4, 0.5) is 0 Å². The van der Waals surface area contributed by atoms with Crippen molar-refractivity contribution in [3.05, 3.63) is 0 Å². The Balaban J connectivity index is 3.19. The van der Waals surface area contributed by atoms with Crippen LogP contribution in [0.25, 0.3) is 0 Å². The third-order valence-electron chi connectivity index (χ3n) is 3.40. The van der Waals surface area contributed by atoms with Gasteiger partial charge in [0.15, 0.2) is 0 Å². The van der Waals surface area contributed by atoms with Crippen LogP contribution in [0.15, 0.2) is 5.16 Å². The number of amides is 1. The van der Waals surface area contributed by atoms with E-state index in [0.717, 1.165) is 6.92 Å². The van der Waals surface area contributed by atoms with E-state index in [0.29, 0.717) is 0 Å². The van der Waals surface area contributed by atoms with Crippen molar-refractivity contribution in [1.82, 2.24) is 5.32 Å². The van der Waals surface area contributed by atoms with Crippen molar-refractivity contribution >= 4 is 18.6 Å². The van der Waals surface area contributed by atoms with Gasteiger partial charge in [-0.15, -0.1) is 0 Å². The Morgan fingerprint density at radius 3 is 2.57 bits per heavy atom. The summed E-state index contributed by atoms with van der Waals surface area (Å²) in [5, 5.41) is 53.2. The van der Waals surface area contributed by atoms with Crippen molar-refractivity contribution in [3.8, 4) is 0 Å². The Kier molecular flexibility index (Phi) is 6.41. The summed E-state index contributed by atoms with van der Waals surface area (Å²) in [6.07, 6.45) is -7.24. The predicted octanol–water partition coefficient (Wildman–Crippen LogP) is -3.23. The van der Waals surface area contributed by atoms with Crippen LogP contribution in [0.5, 0.6) is 0 Å². The summed E-state index contributed by atoms with van der Waals surface area (Å²) in [5.74, 6) is -4.70. The highest BCUT2D eigenvalue weighted by atomic mass is 16.8. The number of oxime groups is 1. The van der Waals surface area contributed by atoms with Crippen molar-refractivity contribution in [1.29, 1.82) is 0 Å². The van der Waals surface area contributed by atoms with Crippen LogP contribution >= 0.6 is 0 Å². The molecule has 1 amide bonds. The van der Waals surface area contributed by atoms with Gasteiger partial charge in [-0.2, -0.15) is 0 Å². The minimum Gasteiger partial charge on any atom is -0.476 e. The number of hydrogen-bond acceptors (Lipinski definition) is 9. The van der Waals surface area contributed by atoms with Gasteiger partial charge in [0.05, 0.1) is 25.2 Å². The second-order valence-corrected chi connectivity index (χ2v) is 5.10. The van der Waals surface area contributed by atoms with Crippen molar-refractivity contribution in [3.63, 3.8) is 0 Å². The molecule has 0 bridgehead atoms. The zero-order valence-electron chi connectivity index (χ0n) is 12.3. The van der Waals surface area contributed by atoms with Crippen LogP contribution in [-0.4, -0.2) is 87.0 Å². The molecule has 1 heterocycles. The molecule has 132 valence electrons. The number of carbonyl (C=O) groups is 2. The number of aliphatic hydroxyl groups excluding tert-OH is 4. The van der Waals surface area contributed by atoms with Gasteiger partial charge < -0.3 is 40.4 Å². The number of ether oxygens (including phenoxy) is 1. The molecule has 0 aromatic heterocycles. The maximum Gasteiger partial charge on any atom is 0.379 e. The second-order valence-electron chi connectivity index (χ2n) is 5.10. The number of rotatable bonds is 7. The van der Waals surface area contributed by atoms with Crippen molar-refractivity contribution < 1.29 is 44.7 Å². The molecule has 23 heavy (non-hydrogen) atoms. The lowest BCUT2D eigenvalue weighted by molar-refractivity contribution is -0.311. The maximum absolute atomic E-state index is 11.4. The highest BCUT2D eigenvalue weighted by molar-refractivity contribution is 5.76. The summed E-state index contributed by atoms with van der Waals surface area (Å²) in [6.45, 7) is 3.26. The number of carbonyl (C=O) groups excluding carboxylic acids is 1. The number of carboxylic acids is 1. The molecule has 0 saturated carbocycles. The fourth-order valence-electron chi connectivity index (χ4n) is 2.32. The maximum atomic E-state index is 11.4. The van der Waals surface area contributed by atoms with Crippen molar-refractivity contribution in [2.45, 2.75) is 49.6 Å². The lowest BCUT2D eigenvalue weighted by atomic mass is 9.88. The van der Waals surface area contributed by atoms with E-state index in [9.17, 15) is 30.0 Å². The Morgan fingerprint density at radius 2 is 2.13 bits per heavy atom. The molecule has 11 nitrogen and oxygen atoms in total. The summed E-state index contributed by atoms with van der Waals surface area (Å²) in [4.78, 5) is 27.3.